The van der Waals surface area contributed by atoms with Crippen LogP contribution in [0.1, 0.15) is 46.5 Å². The van der Waals surface area contributed by atoms with Crippen LogP contribution >= 0.6 is 7.82 Å². The number of halogens is 1. The lowest BCUT2D eigenvalue weighted by Crippen LogP contribution is -2.74. The summed E-state index contributed by atoms with van der Waals surface area (Å²) >= 11 is 0. The lowest BCUT2D eigenvalue weighted by Gasteiger charge is -2.66. The Morgan fingerprint density at radius 2 is 1.91 bits per heavy atom. The van der Waals surface area contributed by atoms with E-state index in [0.717, 1.165) is 0 Å². The van der Waals surface area contributed by atoms with Crippen LogP contribution < -0.4 is 0 Å². The van der Waals surface area contributed by atoms with Gasteiger partial charge in [0.1, 0.15) is 0 Å². The SMILES string of the molecule is C[C@H]1CC2C3CCC4=CC(=O)C=C[C@]4(C)[C@@]3(F)[C@@H](O)C[C@]2(C)[C@@](O)(COP(=O)(O)O)C1=O. The zero-order valence-electron chi connectivity index (χ0n) is 18.3. The van der Waals surface area contributed by atoms with Gasteiger partial charge in [-0.15, -0.1) is 0 Å². The minimum Gasteiger partial charge on any atom is -0.390 e. The molecule has 32 heavy (non-hydrogen) atoms. The zero-order valence-corrected chi connectivity index (χ0v) is 19.2. The van der Waals surface area contributed by atoms with Gasteiger partial charge in [-0.1, -0.05) is 25.5 Å². The molecule has 0 aromatic carbocycles. The zero-order chi connectivity index (χ0) is 23.9. The van der Waals surface area contributed by atoms with Gasteiger partial charge in [-0.05, 0) is 50.7 Å². The molecule has 8 atom stereocenters. The van der Waals surface area contributed by atoms with Gasteiger partial charge < -0.3 is 20.0 Å². The van der Waals surface area contributed by atoms with Gasteiger partial charge in [-0.2, -0.15) is 0 Å². The van der Waals surface area contributed by atoms with E-state index in [1.807, 2.05) is 0 Å². The number of hydrogen-bond donors (Lipinski definition) is 4. The summed E-state index contributed by atoms with van der Waals surface area (Å²) in [5.41, 5.74) is -6.39. The minimum absolute atomic E-state index is 0.226. The molecule has 0 saturated heterocycles. The van der Waals surface area contributed by atoms with Crippen molar-refractivity contribution >= 4 is 19.4 Å². The van der Waals surface area contributed by atoms with Crippen molar-refractivity contribution in [3.8, 4) is 0 Å². The molecule has 2 unspecified atom stereocenters. The fourth-order valence-electron chi connectivity index (χ4n) is 7.06. The minimum atomic E-state index is -4.99. The number of Topliss-reactive ketones (excluding diaryl/α,β-unsaturated/α-hetero) is 1. The molecule has 3 saturated carbocycles. The number of aliphatic hydroxyl groups is 2. The number of carbonyl (C=O) groups excluding carboxylic acids is 2. The summed E-state index contributed by atoms with van der Waals surface area (Å²) in [4.78, 5) is 43.3. The summed E-state index contributed by atoms with van der Waals surface area (Å²) in [7, 11) is -4.99. The smallest absolute Gasteiger partial charge is 0.390 e. The third-order valence-electron chi connectivity index (χ3n) is 8.88. The third kappa shape index (κ3) is 3.02. The van der Waals surface area contributed by atoms with Crippen molar-refractivity contribution in [3.05, 3.63) is 23.8 Å². The van der Waals surface area contributed by atoms with E-state index in [0.29, 0.717) is 18.4 Å². The van der Waals surface area contributed by atoms with E-state index in [-0.39, 0.29) is 18.6 Å². The van der Waals surface area contributed by atoms with Crippen LogP contribution in [-0.4, -0.2) is 55.5 Å². The first-order valence-corrected chi connectivity index (χ1v) is 12.4. The number of ketones is 2. The van der Waals surface area contributed by atoms with Crippen molar-refractivity contribution in [1.29, 1.82) is 0 Å². The van der Waals surface area contributed by atoms with E-state index in [4.69, 9.17) is 0 Å². The molecule has 4 N–H and O–H groups in total. The van der Waals surface area contributed by atoms with Crippen LogP contribution in [0.4, 0.5) is 4.39 Å². The molecule has 3 fully saturated rings. The van der Waals surface area contributed by atoms with Crippen LogP contribution in [0.3, 0.4) is 0 Å². The Bertz CT molecular complexity index is 973. The maximum absolute atomic E-state index is 17.1. The molecule has 0 spiro atoms. The van der Waals surface area contributed by atoms with Gasteiger partial charge in [-0.25, -0.2) is 8.96 Å². The average Bonchev–Trinajstić information content (AvgIpc) is 2.69. The maximum Gasteiger partial charge on any atom is 0.469 e. The van der Waals surface area contributed by atoms with Crippen molar-refractivity contribution < 1.29 is 43.1 Å². The van der Waals surface area contributed by atoms with Crippen LogP contribution in [0.25, 0.3) is 0 Å². The van der Waals surface area contributed by atoms with Crippen molar-refractivity contribution in [2.75, 3.05) is 6.61 Å². The third-order valence-corrected chi connectivity index (χ3v) is 9.35. The van der Waals surface area contributed by atoms with Gasteiger partial charge in [0.05, 0.1) is 12.7 Å². The molecule has 0 aromatic rings. The molecule has 0 amide bonds. The predicted molar refractivity (Wildman–Crippen MR) is 111 cm³/mol. The number of fused-ring (bicyclic) bond motifs is 5. The number of allylic oxidation sites excluding steroid dienone is 4. The molecule has 0 bridgehead atoms. The molecule has 10 heteroatoms. The number of hydrogen-bond acceptors (Lipinski definition) is 6. The van der Waals surface area contributed by atoms with Crippen molar-refractivity contribution in [2.24, 2.45) is 28.6 Å². The van der Waals surface area contributed by atoms with Gasteiger partial charge in [0, 0.05) is 22.7 Å². The number of rotatable bonds is 3. The first-order valence-electron chi connectivity index (χ1n) is 10.9. The lowest BCUT2D eigenvalue weighted by atomic mass is 9.40. The number of phosphoric acid groups is 1. The Morgan fingerprint density at radius 3 is 2.53 bits per heavy atom. The molecular weight excluding hydrogens is 442 g/mol. The van der Waals surface area contributed by atoms with E-state index < -0.39 is 66.2 Å². The van der Waals surface area contributed by atoms with Crippen molar-refractivity contribution in [3.63, 3.8) is 0 Å². The first kappa shape index (κ1) is 23.9. The van der Waals surface area contributed by atoms with Crippen molar-refractivity contribution in [1.82, 2.24) is 0 Å². The number of phosphoric ester groups is 1. The van der Waals surface area contributed by atoms with E-state index in [1.54, 1.807) is 20.8 Å². The molecule has 4 aliphatic rings. The van der Waals surface area contributed by atoms with Gasteiger partial charge in [0.2, 0.25) is 0 Å². The van der Waals surface area contributed by atoms with E-state index in [2.05, 4.69) is 4.52 Å². The second kappa shape index (κ2) is 7.14. The molecule has 178 valence electrons. The average molecular weight is 472 g/mol. The second-order valence-electron chi connectivity index (χ2n) is 10.4. The normalized spacial score (nSPS) is 48.6. The fourth-order valence-corrected chi connectivity index (χ4v) is 7.42. The van der Waals surface area contributed by atoms with E-state index >= 15 is 4.39 Å². The maximum atomic E-state index is 17.1. The predicted octanol–water partition coefficient (Wildman–Crippen LogP) is 2.01. The molecule has 0 radical (unpaired) electrons. The van der Waals surface area contributed by atoms with E-state index in [1.165, 1.54) is 18.2 Å². The first-order chi connectivity index (χ1) is 14.6. The topological polar surface area (TPSA) is 141 Å². The molecule has 0 aromatic heterocycles. The molecule has 0 heterocycles. The van der Waals surface area contributed by atoms with Gasteiger partial charge >= 0.3 is 7.82 Å². The fraction of sp³-hybridized carbons (Fsp3) is 0.727. The standard InChI is InChI=1S/C22H30FO8P/c1-12-8-16-15-5-4-13-9-14(24)6-7-19(13,2)22(15,23)17(25)10-20(16,3)21(27,18(12)26)11-31-32(28,29)30/h6-7,9,12,15-17,25,27H,4-5,8,10-11H2,1-3H3,(H2,28,29,30)/t12-,15?,16?,17-,19-,20-,21+,22-/m0/s1. The van der Waals surface area contributed by atoms with Crippen LogP contribution in [0.5, 0.6) is 0 Å². The Balaban J connectivity index is 1.81. The Labute approximate surface area is 185 Å². The molecule has 0 aliphatic heterocycles. The Hall–Kier alpha value is -1.22. The van der Waals surface area contributed by atoms with Crippen molar-refractivity contribution in [2.45, 2.75) is 63.8 Å². The highest BCUT2D eigenvalue weighted by Gasteiger charge is 2.74. The summed E-state index contributed by atoms with van der Waals surface area (Å²) in [6.07, 6.45) is 3.39. The van der Waals surface area contributed by atoms with Gasteiger partial charge in [-0.3, -0.25) is 14.1 Å². The summed E-state index contributed by atoms with van der Waals surface area (Å²) in [5.74, 6) is -2.84. The molecular formula is C22H30FO8P. The summed E-state index contributed by atoms with van der Waals surface area (Å²) in [6, 6.07) is 0. The van der Waals surface area contributed by atoms with Crippen LogP contribution in [0.2, 0.25) is 0 Å². The van der Waals surface area contributed by atoms with Crippen LogP contribution in [0.15, 0.2) is 23.8 Å². The summed E-state index contributed by atoms with van der Waals surface area (Å²) in [6.45, 7) is 3.90. The van der Waals surface area contributed by atoms with Crippen LogP contribution in [0, 0.1) is 28.6 Å². The molecule has 4 rings (SSSR count). The van der Waals surface area contributed by atoms with Crippen LogP contribution in [-0.2, 0) is 18.7 Å². The highest BCUT2D eigenvalue weighted by atomic mass is 31.2. The summed E-state index contributed by atoms with van der Waals surface area (Å²) in [5, 5.41) is 22.7. The number of alkyl halides is 1. The Morgan fingerprint density at radius 1 is 1.25 bits per heavy atom. The monoisotopic (exact) mass is 472 g/mol. The van der Waals surface area contributed by atoms with Gasteiger partial charge in [0.15, 0.2) is 22.8 Å². The summed E-state index contributed by atoms with van der Waals surface area (Å²) < 4.78 is 33.0. The Kier molecular flexibility index (Phi) is 5.34. The lowest BCUT2D eigenvalue weighted by molar-refractivity contribution is -0.254. The van der Waals surface area contributed by atoms with E-state index in [9.17, 15) is 34.2 Å². The second-order valence-corrected chi connectivity index (χ2v) is 11.6. The highest BCUT2D eigenvalue weighted by molar-refractivity contribution is 7.46. The quantitative estimate of drug-likeness (QED) is 0.457. The van der Waals surface area contributed by atoms with Gasteiger partial charge in [0.25, 0.3) is 0 Å². The number of carbonyl (C=O) groups is 2. The molecule has 4 aliphatic carbocycles. The molecule has 8 nitrogen and oxygen atoms in total. The largest absolute Gasteiger partial charge is 0.469 e. The highest BCUT2D eigenvalue weighted by Crippen LogP contribution is 2.68. The number of aliphatic hydroxyl groups excluding tert-OH is 1.